The van der Waals surface area contributed by atoms with E-state index in [9.17, 15) is 0 Å². The van der Waals surface area contributed by atoms with Gasteiger partial charge in [0.2, 0.25) is 0 Å². The van der Waals surface area contributed by atoms with Gasteiger partial charge in [-0.25, -0.2) is 0 Å². The molecular formula is C51H43BN2Si2. The predicted octanol–water partition coefficient (Wildman–Crippen LogP) is 9.41. The molecule has 5 heterocycles. The Kier molecular flexibility index (Phi) is 5.55. The van der Waals surface area contributed by atoms with Crippen LogP contribution in [-0.2, 0) is 5.41 Å². The molecule has 268 valence electrons. The van der Waals surface area contributed by atoms with Crippen LogP contribution in [0.5, 0.6) is 0 Å². The van der Waals surface area contributed by atoms with E-state index in [1.807, 2.05) is 0 Å². The largest absolute Gasteiger partial charge is 0.315 e. The maximum atomic E-state index is 2.78. The third-order valence-electron chi connectivity index (χ3n) is 14.6. The molecule has 0 unspecified atom stereocenters. The molecule has 0 amide bonds. The lowest BCUT2D eigenvalue weighted by molar-refractivity contribution is 0.749. The summed E-state index contributed by atoms with van der Waals surface area (Å²) in [6.07, 6.45) is 0. The number of fused-ring (bicyclic) bond motifs is 13. The fraction of sp³-hybridized carbons (Fsp3) is 0.176. The van der Waals surface area contributed by atoms with Gasteiger partial charge in [0.25, 0.3) is 6.71 Å². The molecule has 0 radical (unpaired) electrons. The second-order valence-corrected chi connectivity index (χ2v) is 29.5. The Labute approximate surface area is 330 Å². The van der Waals surface area contributed by atoms with Crippen LogP contribution in [-0.4, -0.2) is 32.0 Å². The van der Waals surface area contributed by atoms with Crippen LogP contribution in [0.25, 0.3) is 66.0 Å². The average molecular weight is 751 g/mol. The van der Waals surface area contributed by atoms with Gasteiger partial charge in [-0.1, -0.05) is 159 Å². The zero-order valence-corrected chi connectivity index (χ0v) is 35.4. The van der Waals surface area contributed by atoms with Crippen LogP contribution >= 0.6 is 0 Å². The van der Waals surface area contributed by atoms with Gasteiger partial charge in [-0.2, -0.15) is 0 Å². The number of hydrogen-bond donors (Lipinski definition) is 0. The molecular weight excluding hydrogens is 708 g/mol. The van der Waals surface area contributed by atoms with E-state index in [0.29, 0.717) is 0 Å². The number of nitrogens with zero attached hydrogens (tertiary/aromatic N) is 2. The van der Waals surface area contributed by atoms with E-state index >= 15 is 0 Å². The minimum Gasteiger partial charge on any atom is -0.315 e. The molecule has 56 heavy (non-hydrogen) atoms. The Morgan fingerprint density at radius 1 is 0.518 bits per heavy atom. The molecule has 0 N–H and O–H groups in total. The SMILES string of the molecule is Cc1c(C)n2c3c(cc4ccccc4c13)B1c3c-2ccc2c3-n3c4c1cc([Si](C)(C)C)cc4c1cc([Si](C)(C)C)cc(c13)C21c2ccccc2-c2ccccc21. The van der Waals surface area contributed by atoms with E-state index in [1.165, 1.54) is 116 Å². The van der Waals surface area contributed by atoms with Crippen LogP contribution < -0.4 is 26.8 Å². The maximum Gasteiger partial charge on any atom is 0.252 e. The Morgan fingerprint density at radius 3 is 1.82 bits per heavy atom. The summed E-state index contributed by atoms with van der Waals surface area (Å²) < 4.78 is 5.43. The maximum absolute atomic E-state index is 2.78. The standard InChI is InChI=1S/C51H43BN2Si2/c1-28-29(2)53-44-22-21-40-49-46(44)52(42-23-30-15-9-10-16-33(30)45(28)50(42)53)43-27-32(56(6,7)8)25-37-36-24-31(55(3,4)5)26-41(47(36)54(49)48(37)43)51(40)38-19-13-11-17-34(38)35-18-12-14-20-39(35)51/h9-27H,1-8H3. The van der Waals surface area contributed by atoms with Crippen LogP contribution in [0.3, 0.4) is 0 Å². The lowest BCUT2D eigenvalue weighted by atomic mass is 9.33. The summed E-state index contributed by atoms with van der Waals surface area (Å²) in [5.74, 6) is 0. The number of rotatable bonds is 2. The van der Waals surface area contributed by atoms with Crippen LogP contribution in [0.4, 0.5) is 0 Å². The molecule has 1 spiro atoms. The monoisotopic (exact) mass is 750 g/mol. The quantitative estimate of drug-likeness (QED) is 0.156. The molecule has 0 saturated heterocycles. The topological polar surface area (TPSA) is 9.86 Å². The number of hydrogen-bond acceptors (Lipinski definition) is 0. The molecule has 0 atom stereocenters. The summed E-state index contributed by atoms with van der Waals surface area (Å²) in [6.45, 7) is 20.0. The highest BCUT2D eigenvalue weighted by Crippen LogP contribution is 2.61. The van der Waals surface area contributed by atoms with Gasteiger partial charge in [-0.15, -0.1) is 0 Å². The van der Waals surface area contributed by atoms with Gasteiger partial charge < -0.3 is 9.13 Å². The van der Waals surface area contributed by atoms with Gasteiger partial charge in [0.1, 0.15) is 0 Å². The average Bonchev–Trinajstić information content (AvgIpc) is 3.78. The van der Waals surface area contributed by atoms with Gasteiger partial charge in [0.05, 0.1) is 27.1 Å². The van der Waals surface area contributed by atoms with Crippen molar-refractivity contribution in [3.8, 4) is 22.5 Å². The zero-order chi connectivity index (χ0) is 37.9. The molecule has 3 aliphatic heterocycles. The summed E-state index contributed by atoms with van der Waals surface area (Å²) in [5.41, 5.74) is 22.2. The van der Waals surface area contributed by atoms with Crippen molar-refractivity contribution in [1.82, 2.24) is 9.13 Å². The Morgan fingerprint density at radius 2 is 1.12 bits per heavy atom. The first kappa shape index (κ1) is 31.8. The van der Waals surface area contributed by atoms with E-state index in [-0.39, 0.29) is 6.71 Å². The van der Waals surface area contributed by atoms with Crippen molar-refractivity contribution in [1.29, 1.82) is 0 Å². The molecule has 0 fully saturated rings. The minimum absolute atomic E-state index is 0.117. The van der Waals surface area contributed by atoms with Crippen molar-refractivity contribution in [2.45, 2.75) is 58.5 Å². The summed E-state index contributed by atoms with van der Waals surface area (Å²) in [5, 5.41) is 10.1. The van der Waals surface area contributed by atoms with Gasteiger partial charge in [-0.05, 0) is 86.0 Å². The van der Waals surface area contributed by atoms with E-state index in [0.717, 1.165) is 0 Å². The summed E-state index contributed by atoms with van der Waals surface area (Å²) in [7, 11) is -3.52. The molecule has 2 nitrogen and oxygen atoms in total. The van der Waals surface area contributed by atoms with E-state index < -0.39 is 21.6 Å². The molecule has 4 aliphatic rings. The van der Waals surface area contributed by atoms with Gasteiger partial charge in [0.15, 0.2) is 0 Å². The zero-order valence-electron chi connectivity index (χ0n) is 33.4. The highest BCUT2D eigenvalue weighted by Gasteiger charge is 2.54. The first-order valence-electron chi connectivity index (χ1n) is 20.5. The van der Waals surface area contributed by atoms with Crippen LogP contribution in [0, 0.1) is 13.8 Å². The first-order valence-corrected chi connectivity index (χ1v) is 27.5. The van der Waals surface area contributed by atoms with Crippen molar-refractivity contribution >= 4 is 93.1 Å². The van der Waals surface area contributed by atoms with E-state index in [1.54, 1.807) is 10.4 Å². The Balaban J connectivity index is 1.34. The van der Waals surface area contributed by atoms with Gasteiger partial charge >= 0.3 is 0 Å². The minimum atomic E-state index is -1.77. The lowest BCUT2D eigenvalue weighted by Gasteiger charge is -2.44. The normalized spacial score (nSPS) is 15.2. The van der Waals surface area contributed by atoms with E-state index in [4.69, 9.17) is 0 Å². The highest BCUT2D eigenvalue weighted by atomic mass is 28.3. The third kappa shape index (κ3) is 3.38. The summed E-state index contributed by atoms with van der Waals surface area (Å²) in [4.78, 5) is 0. The molecule has 5 heteroatoms. The molecule has 0 saturated carbocycles. The highest BCUT2D eigenvalue weighted by molar-refractivity contribution is 7.01. The van der Waals surface area contributed by atoms with Crippen molar-refractivity contribution in [3.63, 3.8) is 0 Å². The van der Waals surface area contributed by atoms with Crippen LogP contribution in [0.2, 0.25) is 39.3 Å². The molecule has 2 aromatic heterocycles. The van der Waals surface area contributed by atoms with Gasteiger partial charge in [0, 0.05) is 44.3 Å². The van der Waals surface area contributed by atoms with Crippen molar-refractivity contribution < 1.29 is 0 Å². The van der Waals surface area contributed by atoms with Crippen LogP contribution in [0.15, 0.2) is 115 Å². The van der Waals surface area contributed by atoms with Crippen molar-refractivity contribution in [2.75, 3.05) is 0 Å². The molecule has 1 aliphatic carbocycles. The molecule has 13 rings (SSSR count). The molecule has 0 bridgehead atoms. The summed E-state index contributed by atoms with van der Waals surface area (Å²) >= 11 is 0. The Bertz CT molecular complexity index is 3320. The fourth-order valence-electron chi connectivity index (χ4n) is 12.0. The number of aromatic nitrogens is 2. The second kappa shape index (κ2) is 9.77. The van der Waals surface area contributed by atoms with Crippen molar-refractivity contribution in [2.24, 2.45) is 0 Å². The summed E-state index contributed by atoms with van der Waals surface area (Å²) in [6, 6.07) is 46.1. The molecule has 7 aromatic carbocycles. The first-order chi connectivity index (χ1) is 26.9. The number of aryl methyl sites for hydroxylation is 1. The van der Waals surface area contributed by atoms with Crippen LogP contribution in [0.1, 0.15) is 33.5 Å². The predicted molar refractivity (Wildman–Crippen MR) is 246 cm³/mol. The molecule has 9 aromatic rings. The smallest absolute Gasteiger partial charge is 0.252 e. The number of benzene rings is 7. The third-order valence-corrected chi connectivity index (χ3v) is 18.6. The Hall–Kier alpha value is -5.36. The second-order valence-electron chi connectivity index (χ2n) is 19.3. The fourth-order valence-corrected chi connectivity index (χ4v) is 14.3. The van der Waals surface area contributed by atoms with Gasteiger partial charge in [-0.3, -0.25) is 0 Å². The lowest BCUT2D eigenvalue weighted by Crippen LogP contribution is -2.61. The van der Waals surface area contributed by atoms with E-state index in [2.05, 4.69) is 178 Å². The van der Waals surface area contributed by atoms with Crippen molar-refractivity contribution in [3.05, 3.63) is 149 Å².